The third-order valence-electron chi connectivity index (χ3n) is 8.31. The molecule has 4 saturated carbocycles. The fourth-order valence-corrected chi connectivity index (χ4v) is 7.09. The van der Waals surface area contributed by atoms with Crippen LogP contribution in [-0.4, -0.2) is 24.1 Å². The third-order valence-corrected chi connectivity index (χ3v) is 8.31. The molecule has 2 aromatic carbocycles. The van der Waals surface area contributed by atoms with Crippen LogP contribution in [0.2, 0.25) is 0 Å². The van der Waals surface area contributed by atoms with Crippen molar-refractivity contribution in [2.45, 2.75) is 64.4 Å². The molecule has 0 saturated heterocycles. The minimum absolute atomic E-state index is 0.323. The zero-order valence-electron chi connectivity index (χ0n) is 18.6. The van der Waals surface area contributed by atoms with Crippen molar-refractivity contribution in [2.24, 2.45) is 23.7 Å². The Labute approximate surface area is 184 Å². The Kier molecular flexibility index (Phi) is 5.27. The van der Waals surface area contributed by atoms with E-state index in [0.717, 1.165) is 35.4 Å². The Bertz CT molecular complexity index is 979. The van der Waals surface area contributed by atoms with Crippen molar-refractivity contribution >= 4 is 22.7 Å². The van der Waals surface area contributed by atoms with Crippen LogP contribution in [0.4, 0.5) is 0 Å². The fraction of sp³-hybridized carbons (Fsp3) is 0.556. The molecule has 0 amide bonds. The second-order valence-electron chi connectivity index (χ2n) is 9.83. The standard InChI is InChI=1S/C27H32O4/c1-3-19-9-10-24(23-8-6-5-7-22(19)23)26(29)30-16-25(28)31-27(4-2)20-12-17-11-18(14-20)15-21(27)13-17/h5-10,17-18,20-21H,3-4,11-16H2,1-2H3. The summed E-state index contributed by atoms with van der Waals surface area (Å²) in [5, 5.41) is 1.92. The first-order chi connectivity index (χ1) is 15.0. The molecule has 31 heavy (non-hydrogen) atoms. The lowest BCUT2D eigenvalue weighted by molar-refractivity contribution is -0.212. The summed E-state index contributed by atoms with van der Waals surface area (Å²) >= 11 is 0. The molecule has 0 unspecified atom stereocenters. The van der Waals surface area contributed by atoms with E-state index in [4.69, 9.17) is 9.47 Å². The van der Waals surface area contributed by atoms with E-state index in [2.05, 4.69) is 13.8 Å². The lowest BCUT2D eigenvalue weighted by Crippen LogP contribution is -2.59. The third kappa shape index (κ3) is 3.44. The summed E-state index contributed by atoms with van der Waals surface area (Å²) in [6.45, 7) is 3.92. The Morgan fingerprint density at radius 2 is 1.55 bits per heavy atom. The van der Waals surface area contributed by atoms with E-state index >= 15 is 0 Å². The van der Waals surface area contributed by atoms with Crippen molar-refractivity contribution < 1.29 is 19.1 Å². The van der Waals surface area contributed by atoms with Crippen molar-refractivity contribution in [2.75, 3.05) is 6.61 Å². The summed E-state index contributed by atoms with van der Waals surface area (Å²) in [6.07, 6.45) is 7.85. The first-order valence-electron chi connectivity index (χ1n) is 11.9. The van der Waals surface area contributed by atoms with Gasteiger partial charge in [-0.1, -0.05) is 44.2 Å². The van der Waals surface area contributed by atoms with E-state index in [1.54, 1.807) is 6.07 Å². The van der Waals surface area contributed by atoms with Gasteiger partial charge in [0.1, 0.15) is 5.60 Å². The molecule has 0 heterocycles. The normalized spacial score (nSPS) is 31.0. The molecule has 4 fully saturated rings. The molecule has 2 aromatic rings. The monoisotopic (exact) mass is 420 g/mol. The Balaban J connectivity index is 1.28. The predicted octanol–water partition coefficient (Wildman–Crippen LogP) is 5.71. The highest BCUT2D eigenvalue weighted by molar-refractivity contribution is 6.05. The number of carbonyl (C=O) groups is 2. The molecule has 0 spiro atoms. The van der Waals surface area contributed by atoms with Crippen molar-refractivity contribution in [1.29, 1.82) is 0 Å². The van der Waals surface area contributed by atoms with E-state index in [-0.39, 0.29) is 12.2 Å². The number of benzene rings is 2. The SMILES string of the molecule is CCc1ccc(C(=O)OCC(=O)OC2(CC)C3CC4CC(C3)CC2C4)c2ccccc12. The Hall–Kier alpha value is -2.36. The van der Waals surface area contributed by atoms with Crippen LogP contribution in [0.1, 0.15) is 68.3 Å². The number of aryl methyl sites for hydroxylation is 1. The van der Waals surface area contributed by atoms with Gasteiger partial charge in [-0.25, -0.2) is 9.59 Å². The molecule has 6 rings (SSSR count). The van der Waals surface area contributed by atoms with Crippen molar-refractivity contribution in [3.63, 3.8) is 0 Å². The summed E-state index contributed by atoms with van der Waals surface area (Å²) < 4.78 is 11.6. The van der Waals surface area contributed by atoms with Crippen LogP contribution in [0, 0.1) is 23.7 Å². The first kappa shape index (κ1) is 20.5. The smallest absolute Gasteiger partial charge is 0.344 e. The number of carbonyl (C=O) groups excluding carboxylic acids is 2. The van der Waals surface area contributed by atoms with Crippen molar-refractivity contribution in [1.82, 2.24) is 0 Å². The molecule has 4 bridgehead atoms. The van der Waals surface area contributed by atoms with E-state index < -0.39 is 11.9 Å². The minimum atomic E-state index is -0.466. The maximum Gasteiger partial charge on any atom is 0.344 e. The maximum atomic E-state index is 12.8. The largest absolute Gasteiger partial charge is 0.456 e. The molecule has 4 nitrogen and oxygen atoms in total. The summed E-state index contributed by atoms with van der Waals surface area (Å²) in [5.74, 6) is 1.71. The van der Waals surface area contributed by atoms with Gasteiger partial charge in [0.25, 0.3) is 0 Å². The number of hydrogen-bond acceptors (Lipinski definition) is 4. The average molecular weight is 421 g/mol. The number of hydrogen-bond donors (Lipinski definition) is 0. The van der Waals surface area contributed by atoms with Crippen LogP contribution in [0.3, 0.4) is 0 Å². The van der Waals surface area contributed by atoms with Crippen LogP contribution in [0.25, 0.3) is 10.8 Å². The van der Waals surface area contributed by atoms with Gasteiger partial charge in [0, 0.05) is 0 Å². The first-order valence-corrected chi connectivity index (χ1v) is 11.9. The molecule has 4 heteroatoms. The molecule has 4 aliphatic carbocycles. The molecule has 164 valence electrons. The lowest BCUT2D eigenvalue weighted by atomic mass is 9.49. The minimum Gasteiger partial charge on any atom is -0.456 e. The van der Waals surface area contributed by atoms with Gasteiger partial charge in [-0.2, -0.15) is 0 Å². The van der Waals surface area contributed by atoms with Crippen molar-refractivity contribution in [3.8, 4) is 0 Å². The van der Waals surface area contributed by atoms with E-state index in [1.165, 1.54) is 37.7 Å². The van der Waals surface area contributed by atoms with Gasteiger partial charge in [-0.3, -0.25) is 0 Å². The average Bonchev–Trinajstić information content (AvgIpc) is 2.78. The molecule has 0 radical (unpaired) electrons. The van der Waals surface area contributed by atoms with Crippen LogP contribution in [0.5, 0.6) is 0 Å². The summed E-state index contributed by atoms with van der Waals surface area (Å²) in [4.78, 5) is 25.6. The summed E-state index contributed by atoms with van der Waals surface area (Å²) in [7, 11) is 0. The van der Waals surface area contributed by atoms with Crippen LogP contribution in [0.15, 0.2) is 36.4 Å². The zero-order valence-corrected chi connectivity index (χ0v) is 18.6. The number of rotatable bonds is 6. The highest BCUT2D eigenvalue weighted by Crippen LogP contribution is 2.60. The van der Waals surface area contributed by atoms with Gasteiger partial charge in [-0.05, 0) is 91.0 Å². The number of fused-ring (bicyclic) bond motifs is 1. The molecule has 0 aliphatic heterocycles. The maximum absolute atomic E-state index is 12.8. The van der Waals surface area contributed by atoms with Gasteiger partial charge < -0.3 is 9.47 Å². The highest BCUT2D eigenvalue weighted by Gasteiger charge is 2.58. The second kappa shape index (κ2) is 7.96. The lowest BCUT2D eigenvalue weighted by Gasteiger charge is -2.60. The van der Waals surface area contributed by atoms with Crippen molar-refractivity contribution in [3.05, 3.63) is 47.5 Å². The van der Waals surface area contributed by atoms with E-state index in [9.17, 15) is 9.59 Å². The quantitative estimate of drug-likeness (QED) is 0.562. The van der Waals surface area contributed by atoms with E-state index in [1.807, 2.05) is 30.3 Å². The molecular weight excluding hydrogens is 388 g/mol. The van der Waals surface area contributed by atoms with Gasteiger partial charge in [-0.15, -0.1) is 0 Å². The summed E-state index contributed by atoms with van der Waals surface area (Å²) in [6, 6.07) is 11.6. The second-order valence-corrected chi connectivity index (χ2v) is 9.83. The van der Waals surface area contributed by atoms with Crippen LogP contribution >= 0.6 is 0 Å². The molecule has 4 aliphatic rings. The van der Waals surface area contributed by atoms with Crippen LogP contribution in [-0.2, 0) is 20.7 Å². The molecule has 0 N–H and O–H groups in total. The van der Waals surface area contributed by atoms with Crippen LogP contribution < -0.4 is 0 Å². The molecule has 0 aromatic heterocycles. The number of ether oxygens (including phenoxy) is 2. The predicted molar refractivity (Wildman–Crippen MR) is 120 cm³/mol. The topological polar surface area (TPSA) is 52.6 Å². The van der Waals surface area contributed by atoms with E-state index in [0.29, 0.717) is 17.4 Å². The zero-order chi connectivity index (χ0) is 21.6. The summed E-state index contributed by atoms with van der Waals surface area (Å²) in [5.41, 5.74) is 1.34. The van der Waals surface area contributed by atoms with Gasteiger partial charge >= 0.3 is 11.9 Å². The van der Waals surface area contributed by atoms with Gasteiger partial charge in [0.15, 0.2) is 6.61 Å². The molecule has 0 atom stereocenters. The Morgan fingerprint density at radius 3 is 2.16 bits per heavy atom. The Morgan fingerprint density at radius 1 is 0.903 bits per heavy atom. The number of esters is 2. The highest BCUT2D eigenvalue weighted by atomic mass is 16.6. The van der Waals surface area contributed by atoms with Gasteiger partial charge in [0.05, 0.1) is 5.56 Å². The molecular formula is C27H32O4. The fourth-order valence-electron chi connectivity index (χ4n) is 7.09. The van der Waals surface area contributed by atoms with Gasteiger partial charge in [0.2, 0.25) is 0 Å².